The van der Waals surface area contributed by atoms with E-state index >= 15 is 0 Å². The maximum Gasteiger partial charge on any atom is 0.176 e. The Morgan fingerprint density at radius 1 is 2.25 bits per heavy atom. The van der Waals surface area contributed by atoms with E-state index < -0.39 is 6.53 Å². The van der Waals surface area contributed by atoms with Gasteiger partial charge in [-0.1, -0.05) is 6.53 Å². The summed E-state index contributed by atoms with van der Waals surface area (Å²) in [7, 11) is 0. The van der Waals surface area contributed by atoms with Crippen LogP contribution in [0.25, 0.3) is 0 Å². The number of carbonyl (C=O) groups excluding carboxylic acids is 1. The molecule has 1 rings (SSSR count). The van der Waals surface area contributed by atoms with Crippen LogP contribution in [0.15, 0.2) is 25.0 Å². The summed E-state index contributed by atoms with van der Waals surface area (Å²) in [5.74, 6) is -0.101. The molecule has 1 aliphatic rings. The fourth-order valence-corrected chi connectivity index (χ4v) is 0.523. The summed E-state index contributed by atoms with van der Waals surface area (Å²) in [6, 6.07) is 0. The smallest absolute Gasteiger partial charge is 0.176 e. The lowest BCUT2D eigenvalue weighted by Crippen LogP contribution is -2.09. The second-order valence-corrected chi connectivity index (χ2v) is 1.52. The molecule has 8 heavy (non-hydrogen) atoms. The van der Waals surface area contributed by atoms with Gasteiger partial charge in [-0.2, -0.15) is 0 Å². The van der Waals surface area contributed by atoms with E-state index in [1.54, 1.807) is 0 Å². The van der Waals surface area contributed by atoms with Gasteiger partial charge in [0.2, 0.25) is 0 Å². The van der Waals surface area contributed by atoms with Crippen LogP contribution < -0.4 is 0 Å². The van der Waals surface area contributed by atoms with Gasteiger partial charge in [0, 0.05) is 6.20 Å². The van der Waals surface area contributed by atoms with Gasteiger partial charge < -0.3 is 4.90 Å². The summed E-state index contributed by atoms with van der Waals surface area (Å²) in [6.07, 6.45) is 2.50. The molecule has 1 aliphatic heterocycles. The van der Waals surface area contributed by atoms with Gasteiger partial charge in [0.25, 0.3) is 0 Å². The van der Waals surface area contributed by atoms with Crippen LogP contribution in [-0.4, -0.2) is 17.2 Å². The first kappa shape index (κ1) is 2.49. The van der Waals surface area contributed by atoms with Crippen molar-refractivity contribution in [1.29, 1.82) is 0 Å². The Bertz CT molecular complexity index is 242. The van der Waals surface area contributed by atoms with Gasteiger partial charge in [-0.05, 0) is 12.3 Å². The SMILES string of the molecule is [2H]C([2H])=C([2H])N1C=CC(=O)C1. The molecule has 0 fully saturated rings. The molecule has 2 nitrogen and oxygen atoms in total. The summed E-state index contributed by atoms with van der Waals surface area (Å²) in [6.45, 7) is -0.496. The summed E-state index contributed by atoms with van der Waals surface area (Å²) >= 11 is 0. The van der Waals surface area contributed by atoms with E-state index in [4.69, 9.17) is 4.11 Å². The zero-order valence-corrected chi connectivity index (χ0v) is 4.22. The molecule has 0 bridgehead atoms. The van der Waals surface area contributed by atoms with Crippen LogP contribution in [-0.2, 0) is 4.79 Å². The van der Waals surface area contributed by atoms with Crippen molar-refractivity contribution in [3.8, 4) is 0 Å². The standard InChI is InChI=1S/C6H7NO/c1-2-7-4-3-6(8)5-7/h2-4H,1,5H2/i1D2,2D. The Balaban J connectivity index is 2.73. The number of carbonyl (C=O) groups is 1. The molecule has 0 amide bonds. The predicted octanol–water partition coefficient (Wildman–Crippen LogP) is 0.528. The number of hydrogen-bond donors (Lipinski definition) is 0. The minimum absolute atomic E-state index is 0.0834. The first-order chi connectivity index (χ1) is 5.11. The Hall–Kier alpha value is -1.05. The lowest BCUT2D eigenvalue weighted by Gasteiger charge is -2.03. The van der Waals surface area contributed by atoms with E-state index in [9.17, 15) is 4.79 Å². The van der Waals surface area contributed by atoms with Gasteiger partial charge in [-0.15, -0.1) is 0 Å². The quantitative estimate of drug-likeness (QED) is 0.493. The molecule has 0 aromatic heterocycles. The highest BCUT2D eigenvalue weighted by atomic mass is 16.1. The van der Waals surface area contributed by atoms with Crippen molar-refractivity contribution < 1.29 is 8.91 Å². The van der Waals surface area contributed by atoms with E-state index in [0.29, 0.717) is 0 Å². The van der Waals surface area contributed by atoms with Crippen molar-refractivity contribution in [2.24, 2.45) is 0 Å². The Labute approximate surface area is 52.3 Å². The van der Waals surface area contributed by atoms with Crippen molar-refractivity contribution in [1.82, 2.24) is 4.90 Å². The summed E-state index contributed by atoms with van der Waals surface area (Å²) in [5.41, 5.74) is 0. The van der Waals surface area contributed by atoms with Crippen molar-refractivity contribution in [3.05, 3.63) is 25.0 Å². The Kier molecular flexibility index (Phi) is 0.565. The highest BCUT2D eigenvalue weighted by Crippen LogP contribution is 1.98. The summed E-state index contributed by atoms with van der Waals surface area (Å²) in [4.78, 5) is 11.9. The Morgan fingerprint density at radius 3 is 3.62 bits per heavy atom. The van der Waals surface area contributed by atoms with Gasteiger partial charge in [0.05, 0.1) is 10.7 Å². The first-order valence-corrected chi connectivity index (χ1v) is 2.23. The minimum atomic E-state index is -0.579. The minimum Gasteiger partial charge on any atom is -0.347 e. The molecule has 0 spiro atoms. The van der Waals surface area contributed by atoms with Crippen molar-refractivity contribution in [2.45, 2.75) is 0 Å². The summed E-state index contributed by atoms with van der Waals surface area (Å²) < 4.78 is 20.7. The highest BCUT2D eigenvalue weighted by Gasteiger charge is 2.06. The maximum absolute atomic E-state index is 10.6. The van der Waals surface area contributed by atoms with Crippen molar-refractivity contribution in [2.75, 3.05) is 6.54 Å². The highest BCUT2D eigenvalue weighted by molar-refractivity contribution is 5.93. The molecule has 0 aromatic rings. The molecule has 0 saturated carbocycles. The lowest BCUT2D eigenvalue weighted by atomic mass is 10.4. The molecule has 0 atom stereocenters. The van der Waals surface area contributed by atoms with Crippen LogP contribution >= 0.6 is 0 Å². The molecule has 42 valence electrons. The van der Waals surface area contributed by atoms with Crippen LogP contribution in [0.1, 0.15) is 4.11 Å². The predicted molar refractivity (Wildman–Crippen MR) is 31.0 cm³/mol. The van der Waals surface area contributed by atoms with E-state index in [1.165, 1.54) is 17.2 Å². The van der Waals surface area contributed by atoms with E-state index in [2.05, 4.69) is 0 Å². The molecule has 2 heteroatoms. The lowest BCUT2D eigenvalue weighted by molar-refractivity contribution is -0.113. The van der Waals surface area contributed by atoms with Gasteiger partial charge >= 0.3 is 0 Å². The van der Waals surface area contributed by atoms with E-state index in [0.717, 1.165) is 0 Å². The molecule has 0 N–H and O–H groups in total. The van der Waals surface area contributed by atoms with Gasteiger partial charge in [-0.3, -0.25) is 4.79 Å². The topological polar surface area (TPSA) is 20.3 Å². The normalized spacial score (nSPS) is 22.2. The van der Waals surface area contributed by atoms with Gasteiger partial charge in [-0.25, -0.2) is 0 Å². The monoisotopic (exact) mass is 112 g/mol. The molecular weight excluding hydrogens is 102 g/mol. The van der Waals surface area contributed by atoms with Crippen LogP contribution in [0.2, 0.25) is 0 Å². The molecule has 0 aromatic carbocycles. The molecule has 0 aliphatic carbocycles. The molecule has 0 radical (unpaired) electrons. The van der Waals surface area contributed by atoms with Crippen LogP contribution in [0.3, 0.4) is 0 Å². The zero-order valence-electron chi connectivity index (χ0n) is 7.22. The zero-order chi connectivity index (χ0) is 8.43. The third kappa shape index (κ3) is 0.780. The van der Waals surface area contributed by atoms with Crippen LogP contribution in [0.5, 0.6) is 0 Å². The average molecular weight is 112 g/mol. The average Bonchev–Trinajstić information content (AvgIpc) is 2.34. The van der Waals surface area contributed by atoms with Crippen molar-refractivity contribution >= 4 is 5.78 Å². The third-order valence-corrected chi connectivity index (χ3v) is 0.910. The molecule has 0 saturated heterocycles. The second-order valence-electron chi connectivity index (χ2n) is 1.52. The number of ketones is 1. The second kappa shape index (κ2) is 1.82. The Morgan fingerprint density at radius 2 is 3.12 bits per heavy atom. The van der Waals surface area contributed by atoms with E-state index in [-0.39, 0.29) is 18.5 Å². The third-order valence-electron chi connectivity index (χ3n) is 0.910. The molecule has 0 unspecified atom stereocenters. The van der Waals surface area contributed by atoms with Crippen LogP contribution in [0.4, 0.5) is 0 Å². The van der Waals surface area contributed by atoms with Gasteiger partial charge in [0.1, 0.15) is 0 Å². The number of nitrogens with zero attached hydrogens (tertiary/aromatic N) is 1. The van der Waals surface area contributed by atoms with Gasteiger partial charge in [0.15, 0.2) is 5.78 Å². The molecule has 1 heterocycles. The molecular formula is C6H7NO. The largest absolute Gasteiger partial charge is 0.347 e. The summed E-state index contributed by atoms with van der Waals surface area (Å²) in [5, 5.41) is 0. The number of rotatable bonds is 1. The maximum atomic E-state index is 10.6. The number of hydrogen-bond acceptors (Lipinski definition) is 2. The fraction of sp³-hybridized carbons (Fsp3) is 0.167. The van der Waals surface area contributed by atoms with Crippen molar-refractivity contribution in [3.63, 3.8) is 0 Å². The van der Waals surface area contributed by atoms with Crippen LogP contribution in [0, 0.1) is 0 Å². The first-order valence-electron chi connectivity index (χ1n) is 3.73. The van der Waals surface area contributed by atoms with E-state index in [1.807, 2.05) is 0 Å². The fourth-order valence-electron chi connectivity index (χ4n) is 0.523.